The second kappa shape index (κ2) is 9.87. The van der Waals surface area contributed by atoms with E-state index < -0.39 is 0 Å². The monoisotopic (exact) mass is 444 g/mol. The van der Waals surface area contributed by atoms with Crippen LogP contribution in [0.25, 0.3) is 0 Å². The molecule has 2 saturated heterocycles. The Morgan fingerprint density at radius 2 is 1.77 bits per heavy atom. The Labute approximate surface area is 186 Å². The van der Waals surface area contributed by atoms with Gasteiger partial charge in [-0.05, 0) is 69.0 Å². The van der Waals surface area contributed by atoms with E-state index in [0.29, 0.717) is 36.6 Å². The van der Waals surface area contributed by atoms with Crippen LogP contribution in [0.15, 0.2) is 29.6 Å². The molecule has 1 aromatic heterocycles. The van der Waals surface area contributed by atoms with Crippen LogP contribution < -0.4 is 5.32 Å². The molecule has 0 radical (unpaired) electrons. The molecule has 2 aromatic rings. The first-order valence-corrected chi connectivity index (χ1v) is 11.9. The molecule has 2 amide bonds. The van der Waals surface area contributed by atoms with Gasteiger partial charge in [-0.1, -0.05) is 6.92 Å². The average Bonchev–Trinajstić information content (AvgIpc) is 3.22. The van der Waals surface area contributed by atoms with Gasteiger partial charge in [-0.25, -0.2) is 9.37 Å². The van der Waals surface area contributed by atoms with Crippen LogP contribution in [0.5, 0.6) is 0 Å². The Balaban J connectivity index is 1.24. The molecule has 0 spiro atoms. The molecule has 0 bridgehead atoms. The highest BCUT2D eigenvalue weighted by Crippen LogP contribution is 2.24. The summed E-state index contributed by atoms with van der Waals surface area (Å²) in [6, 6.07) is 5.59. The summed E-state index contributed by atoms with van der Waals surface area (Å²) in [5.74, 6) is 0.173. The van der Waals surface area contributed by atoms with E-state index in [1.54, 1.807) is 4.90 Å². The van der Waals surface area contributed by atoms with Crippen LogP contribution >= 0.6 is 11.3 Å². The molecule has 2 aliphatic heterocycles. The number of carbonyl (C=O) groups is 2. The number of piperidine rings is 2. The second-order valence-corrected chi connectivity index (χ2v) is 9.52. The van der Waals surface area contributed by atoms with Crippen LogP contribution in [0.4, 0.5) is 9.52 Å². The molecule has 6 nitrogen and oxygen atoms in total. The zero-order valence-electron chi connectivity index (χ0n) is 17.8. The van der Waals surface area contributed by atoms with Crippen molar-refractivity contribution in [3.8, 4) is 0 Å². The normalized spacial score (nSPS) is 18.8. The molecule has 3 heterocycles. The summed E-state index contributed by atoms with van der Waals surface area (Å²) in [4.78, 5) is 34.0. The van der Waals surface area contributed by atoms with Crippen molar-refractivity contribution in [2.75, 3.05) is 31.5 Å². The number of hydrogen-bond acceptors (Lipinski definition) is 5. The van der Waals surface area contributed by atoms with E-state index >= 15 is 0 Å². The first-order chi connectivity index (χ1) is 15.0. The Morgan fingerprint density at radius 3 is 2.45 bits per heavy atom. The quantitative estimate of drug-likeness (QED) is 0.757. The van der Waals surface area contributed by atoms with Gasteiger partial charge in [0, 0.05) is 36.5 Å². The summed E-state index contributed by atoms with van der Waals surface area (Å²) >= 11 is 1.47. The third-order valence-corrected chi connectivity index (χ3v) is 7.09. The van der Waals surface area contributed by atoms with Crippen LogP contribution in [-0.2, 0) is 11.3 Å². The standard InChI is InChI=1S/C23H29FN4O2S/c1-16-6-10-27(11-7-16)14-20-15-31-23(25-20)26-21(29)17-8-12-28(13-9-17)22(30)18-2-4-19(24)5-3-18/h2-5,15-17H,6-14H2,1H3,(H,25,26,29). The van der Waals surface area contributed by atoms with E-state index in [4.69, 9.17) is 0 Å². The van der Waals surface area contributed by atoms with Crippen molar-refractivity contribution in [2.45, 2.75) is 39.2 Å². The lowest BCUT2D eigenvalue weighted by molar-refractivity contribution is -0.121. The molecule has 1 N–H and O–H groups in total. The van der Waals surface area contributed by atoms with E-state index in [1.165, 1.54) is 48.4 Å². The SMILES string of the molecule is CC1CCN(Cc2csc(NC(=O)C3CCN(C(=O)c4ccc(F)cc4)CC3)n2)CC1. The first kappa shape index (κ1) is 21.9. The molecule has 4 rings (SSSR count). The fraction of sp³-hybridized carbons (Fsp3) is 0.522. The minimum atomic E-state index is -0.359. The van der Waals surface area contributed by atoms with Gasteiger partial charge < -0.3 is 10.2 Å². The van der Waals surface area contributed by atoms with Crippen molar-refractivity contribution >= 4 is 28.3 Å². The molecule has 1 aromatic carbocycles. The van der Waals surface area contributed by atoms with Crippen LogP contribution in [0.2, 0.25) is 0 Å². The number of nitrogens with one attached hydrogen (secondary N) is 1. The van der Waals surface area contributed by atoms with Crippen molar-refractivity contribution < 1.29 is 14.0 Å². The molecule has 0 atom stereocenters. The maximum absolute atomic E-state index is 13.1. The predicted octanol–water partition coefficient (Wildman–Crippen LogP) is 4.01. The van der Waals surface area contributed by atoms with Gasteiger partial charge in [0.1, 0.15) is 5.82 Å². The number of benzene rings is 1. The third-order valence-electron chi connectivity index (χ3n) is 6.29. The Morgan fingerprint density at radius 1 is 1.10 bits per heavy atom. The molecule has 8 heteroatoms. The largest absolute Gasteiger partial charge is 0.339 e. The number of thiazole rings is 1. The highest BCUT2D eigenvalue weighted by atomic mass is 32.1. The average molecular weight is 445 g/mol. The first-order valence-electron chi connectivity index (χ1n) is 11.0. The van der Waals surface area contributed by atoms with Gasteiger partial charge in [0.2, 0.25) is 5.91 Å². The molecule has 31 heavy (non-hydrogen) atoms. The summed E-state index contributed by atoms with van der Waals surface area (Å²) in [5.41, 5.74) is 1.48. The summed E-state index contributed by atoms with van der Waals surface area (Å²) < 4.78 is 13.1. The Kier molecular flexibility index (Phi) is 6.97. The summed E-state index contributed by atoms with van der Waals surface area (Å²) in [6.45, 7) is 6.39. The molecule has 0 aliphatic carbocycles. The lowest BCUT2D eigenvalue weighted by Crippen LogP contribution is -2.41. The summed E-state index contributed by atoms with van der Waals surface area (Å²) in [7, 11) is 0. The van der Waals surface area contributed by atoms with E-state index in [2.05, 4.69) is 22.1 Å². The van der Waals surface area contributed by atoms with Crippen molar-refractivity contribution in [3.63, 3.8) is 0 Å². The molecular weight excluding hydrogens is 415 g/mol. The van der Waals surface area contributed by atoms with Gasteiger partial charge in [-0.15, -0.1) is 11.3 Å². The van der Waals surface area contributed by atoms with Gasteiger partial charge in [0.05, 0.1) is 5.69 Å². The number of hydrogen-bond donors (Lipinski definition) is 1. The lowest BCUT2D eigenvalue weighted by atomic mass is 9.95. The van der Waals surface area contributed by atoms with Crippen molar-refractivity contribution in [3.05, 3.63) is 46.7 Å². The highest BCUT2D eigenvalue weighted by Gasteiger charge is 2.28. The van der Waals surface area contributed by atoms with E-state index in [9.17, 15) is 14.0 Å². The fourth-order valence-electron chi connectivity index (χ4n) is 4.21. The van der Waals surface area contributed by atoms with Crippen LogP contribution in [0.1, 0.15) is 48.7 Å². The van der Waals surface area contributed by atoms with E-state index in [0.717, 1.165) is 31.2 Å². The minimum absolute atomic E-state index is 0.0263. The number of aromatic nitrogens is 1. The smallest absolute Gasteiger partial charge is 0.253 e. The van der Waals surface area contributed by atoms with Crippen molar-refractivity contribution in [2.24, 2.45) is 11.8 Å². The van der Waals surface area contributed by atoms with Gasteiger partial charge >= 0.3 is 0 Å². The zero-order chi connectivity index (χ0) is 21.8. The molecule has 2 fully saturated rings. The van der Waals surface area contributed by atoms with Gasteiger partial charge in [-0.3, -0.25) is 14.5 Å². The minimum Gasteiger partial charge on any atom is -0.339 e. The molecule has 2 aliphatic rings. The Hall–Kier alpha value is -2.32. The predicted molar refractivity (Wildman–Crippen MR) is 119 cm³/mol. The van der Waals surface area contributed by atoms with Gasteiger partial charge in [0.25, 0.3) is 5.91 Å². The number of anilines is 1. The number of rotatable bonds is 5. The van der Waals surface area contributed by atoms with Crippen LogP contribution in [-0.4, -0.2) is 52.8 Å². The number of likely N-dealkylation sites (tertiary alicyclic amines) is 2. The summed E-state index contributed by atoms with van der Waals surface area (Å²) in [6.07, 6.45) is 3.69. The lowest BCUT2D eigenvalue weighted by Gasteiger charge is -2.31. The molecule has 0 saturated carbocycles. The van der Waals surface area contributed by atoms with Crippen LogP contribution in [0, 0.1) is 17.7 Å². The van der Waals surface area contributed by atoms with Gasteiger partial charge in [0.15, 0.2) is 5.13 Å². The topological polar surface area (TPSA) is 65.5 Å². The third kappa shape index (κ3) is 5.68. The number of carbonyl (C=O) groups excluding carboxylic acids is 2. The van der Waals surface area contributed by atoms with E-state index in [1.807, 2.05) is 5.38 Å². The van der Waals surface area contributed by atoms with Crippen LogP contribution in [0.3, 0.4) is 0 Å². The number of halogens is 1. The zero-order valence-corrected chi connectivity index (χ0v) is 18.7. The second-order valence-electron chi connectivity index (χ2n) is 8.67. The Bertz CT molecular complexity index is 901. The highest BCUT2D eigenvalue weighted by molar-refractivity contribution is 7.13. The van der Waals surface area contributed by atoms with Crippen molar-refractivity contribution in [1.82, 2.24) is 14.8 Å². The fourth-order valence-corrected chi connectivity index (χ4v) is 4.92. The maximum atomic E-state index is 13.1. The molecular formula is C23H29FN4O2S. The summed E-state index contributed by atoms with van der Waals surface area (Å²) in [5, 5.41) is 5.64. The van der Waals surface area contributed by atoms with E-state index in [-0.39, 0.29) is 23.5 Å². The molecule has 0 unspecified atom stereocenters. The van der Waals surface area contributed by atoms with Gasteiger partial charge in [-0.2, -0.15) is 0 Å². The molecule has 166 valence electrons. The number of nitrogens with zero attached hydrogens (tertiary/aromatic N) is 3. The number of amides is 2. The van der Waals surface area contributed by atoms with Crippen molar-refractivity contribution in [1.29, 1.82) is 0 Å². The maximum Gasteiger partial charge on any atom is 0.253 e.